The molecule has 7 nitrogen and oxygen atoms in total. The number of carbonyl (C=O) groups is 1. The van der Waals surface area contributed by atoms with Crippen molar-refractivity contribution in [2.24, 2.45) is 5.41 Å². The van der Waals surface area contributed by atoms with Gasteiger partial charge in [-0.2, -0.15) is 0 Å². The molecule has 1 amide bonds. The van der Waals surface area contributed by atoms with Crippen LogP contribution in [0.3, 0.4) is 0 Å². The minimum Gasteiger partial charge on any atom is -0.384 e. The molecule has 2 heterocycles. The molecule has 2 rings (SSSR count). The summed E-state index contributed by atoms with van der Waals surface area (Å²) in [6.07, 6.45) is 1.87. The molecular formula is C14H22ClN3O4S. The van der Waals surface area contributed by atoms with Crippen LogP contribution in [-0.2, 0) is 4.74 Å². The van der Waals surface area contributed by atoms with Gasteiger partial charge in [0.15, 0.2) is 0 Å². The summed E-state index contributed by atoms with van der Waals surface area (Å²) >= 11 is 1.15. The van der Waals surface area contributed by atoms with Crippen LogP contribution in [0.2, 0.25) is 0 Å². The van der Waals surface area contributed by atoms with Gasteiger partial charge < -0.3 is 15.4 Å². The van der Waals surface area contributed by atoms with Crippen molar-refractivity contribution in [1.29, 1.82) is 0 Å². The minimum atomic E-state index is -0.457. The molecular weight excluding hydrogens is 342 g/mol. The van der Waals surface area contributed by atoms with Crippen molar-refractivity contribution in [3.8, 4) is 0 Å². The molecule has 1 aromatic heterocycles. The first-order valence-electron chi connectivity index (χ1n) is 7.20. The molecule has 0 aliphatic carbocycles. The zero-order valence-electron chi connectivity index (χ0n) is 13.2. The van der Waals surface area contributed by atoms with Gasteiger partial charge in [0, 0.05) is 25.1 Å². The number of amides is 1. The van der Waals surface area contributed by atoms with Gasteiger partial charge in [-0.1, -0.05) is 0 Å². The van der Waals surface area contributed by atoms with Gasteiger partial charge in [-0.15, -0.1) is 23.7 Å². The molecule has 9 heteroatoms. The van der Waals surface area contributed by atoms with E-state index in [0.717, 1.165) is 37.3 Å². The lowest BCUT2D eigenvalue weighted by molar-refractivity contribution is -0.385. The molecule has 2 N–H and O–H groups in total. The normalized spacial score (nSPS) is 16.4. The molecule has 0 bridgehead atoms. The van der Waals surface area contributed by atoms with Gasteiger partial charge in [0.2, 0.25) is 0 Å². The Morgan fingerprint density at radius 1 is 1.52 bits per heavy atom. The predicted octanol–water partition coefficient (Wildman–Crippen LogP) is 2.13. The Morgan fingerprint density at radius 3 is 2.70 bits per heavy atom. The Hall–Kier alpha value is -1.22. The third-order valence-electron chi connectivity index (χ3n) is 4.05. The van der Waals surface area contributed by atoms with Crippen LogP contribution in [-0.4, -0.2) is 44.2 Å². The number of thiophene rings is 1. The number of hydrogen-bond donors (Lipinski definition) is 2. The summed E-state index contributed by atoms with van der Waals surface area (Å²) in [6.45, 7) is 4.58. The fraction of sp³-hybridized carbons (Fsp3) is 0.643. The van der Waals surface area contributed by atoms with Crippen LogP contribution in [0.5, 0.6) is 0 Å². The van der Waals surface area contributed by atoms with Crippen LogP contribution < -0.4 is 10.6 Å². The Bertz CT molecular complexity index is 553. The molecule has 1 saturated heterocycles. The molecule has 23 heavy (non-hydrogen) atoms. The standard InChI is InChI=1S/C14H21N3O4S.ClH/c1-10-11(17(19)20)7-12(22-10)13(18)16-8-14(9-21-2)3-5-15-6-4-14;/h7,15H,3-6,8-9H2,1-2H3,(H,16,18);1H. The van der Waals surface area contributed by atoms with Crippen LogP contribution >= 0.6 is 23.7 Å². The Kier molecular flexibility index (Phi) is 7.40. The third-order valence-corrected chi connectivity index (χ3v) is 5.09. The molecule has 0 aromatic carbocycles. The molecule has 0 spiro atoms. The maximum atomic E-state index is 12.2. The van der Waals surface area contributed by atoms with Crippen molar-refractivity contribution >= 4 is 35.3 Å². The van der Waals surface area contributed by atoms with Crippen molar-refractivity contribution in [1.82, 2.24) is 10.6 Å². The highest BCUT2D eigenvalue weighted by atomic mass is 35.5. The number of nitrogens with one attached hydrogen (secondary N) is 2. The van der Waals surface area contributed by atoms with Crippen molar-refractivity contribution in [3.05, 3.63) is 25.9 Å². The number of methoxy groups -OCH3 is 1. The number of piperidine rings is 1. The molecule has 1 aliphatic heterocycles. The summed E-state index contributed by atoms with van der Waals surface area (Å²) in [5, 5.41) is 17.1. The van der Waals surface area contributed by atoms with E-state index in [4.69, 9.17) is 4.74 Å². The molecule has 1 aliphatic rings. The van der Waals surface area contributed by atoms with E-state index in [1.807, 2.05) is 0 Å². The van der Waals surface area contributed by atoms with Crippen molar-refractivity contribution in [2.45, 2.75) is 19.8 Å². The summed E-state index contributed by atoms with van der Waals surface area (Å²) in [7, 11) is 1.66. The molecule has 0 atom stereocenters. The van der Waals surface area contributed by atoms with Crippen LogP contribution in [0.25, 0.3) is 0 Å². The number of rotatable bonds is 6. The predicted molar refractivity (Wildman–Crippen MR) is 91.7 cm³/mol. The topological polar surface area (TPSA) is 93.5 Å². The SMILES string of the molecule is COCC1(CNC(=O)c2cc([N+](=O)[O-])c(C)s2)CCNCC1.Cl. The van der Waals surface area contributed by atoms with Crippen molar-refractivity contribution in [3.63, 3.8) is 0 Å². The number of carbonyl (C=O) groups excluding carboxylic acids is 1. The fourth-order valence-electron chi connectivity index (χ4n) is 2.76. The van der Waals surface area contributed by atoms with Crippen molar-refractivity contribution in [2.75, 3.05) is 33.4 Å². The molecule has 130 valence electrons. The summed E-state index contributed by atoms with van der Waals surface area (Å²) in [4.78, 5) is 23.6. The highest BCUT2D eigenvalue weighted by molar-refractivity contribution is 7.14. The molecule has 0 radical (unpaired) electrons. The number of nitro groups is 1. The van der Waals surface area contributed by atoms with E-state index >= 15 is 0 Å². The average Bonchev–Trinajstić information content (AvgIpc) is 2.88. The number of hydrogen-bond acceptors (Lipinski definition) is 6. The lowest BCUT2D eigenvalue weighted by atomic mass is 9.79. The van der Waals surface area contributed by atoms with E-state index in [9.17, 15) is 14.9 Å². The number of aryl methyl sites for hydroxylation is 1. The molecule has 1 fully saturated rings. The Labute approximate surface area is 145 Å². The second-order valence-electron chi connectivity index (χ2n) is 5.67. The van der Waals surface area contributed by atoms with Crippen LogP contribution in [0, 0.1) is 22.5 Å². The quantitative estimate of drug-likeness (QED) is 0.596. The zero-order valence-corrected chi connectivity index (χ0v) is 14.8. The zero-order chi connectivity index (χ0) is 16.2. The maximum absolute atomic E-state index is 12.2. The Balaban J connectivity index is 0.00000264. The highest BCUT2D eigenvalue weighted by Gasteiger charge is 2.33. The summed E-state index contributed by atoms with van der Waals surface area (Å²) in [5.41, 5.74) is -0.0583. The number of halogens is 1. The Morgan fingerprint density at radius 2 is 2.17 bits per heavy atom. The van der Waals surface area contributed by atoms with E-state index in [1.54, 1.807) is 14.0 Å². The first-order valence-corrected chi connectivity index (χ1v) is 8.02. The number of nitrogens with zero attached hydrogens (tertiary/aromatic N) is 1. The lowest BCUT2D eigenvalue weighted by Crippen LogP contribution is -2.47. The summed E-state index contributed by atoms with van der Waals surface area (Å²) < 4.78 is 5.31. The smallest absolute Gasteiger partial charge is 0.283 e. The van der Waals surface area contributed by atoms with Gasteiger partial charge in [-0.05, 0) is 32.9 Å². The van der Waals surface area contributed by atoms with Crippen LogP contribution in [0.1, 0.15) is 27.4 Å². The number of ether oxygens (including phenoxy) is 1. The molecule has 0 unspecified atom stereocenters. The monoisotopic (exact) mass is 363 g/mol. The minimum absolute atomic E-state index is 0. The second kappa shape index (κ2) is 8.58. The first-order chi connectivity index (χ1) is 10.5. The van der Waals surface area contributed by atoms with Crippen LogP contribution in [0.15, 0.2) is 6.07 Å². The van der Waals surface area contributed by atoms with Gasteiger partial charge in [0.1, 0.15) is 0 Å². The average molecular weight is 364 g/mol. The first kappa shape index (κ1) is 19.8. The molecule has 1 aromatic rings. The van der Waals surface area contributed by atoms with Gasteiger partial charge in [0.25, 0.3) is 11.6 Å². The summed E-state index contributed by atoms with van der Waals surface area (Å²) in [6, 6.07) is 1.35. The second-order valence-corrected chi connectivity index (χ2v) is 6.93. The van der Waals surface area contributed by atoms with Gasteiger partial charge in [0.05, 0.1) is 21.3 Å². The van der Waals surface area contributed by atoms with Crippen LogP contribution in [0.4, 0.5) is 5.69 Å². The van der Waals surface area contributed by atoms with E-state index in [0.29, 0.717) is 22.9 Å². The fourth-order valence-corrected chi connectivity index (χ4v) is 3.66. The third kappa shape index (κ3) is 4.87. The van der Waals surface area contributed by atoms with Crippen molar-refractivity contribution < 1.29 is 14.5 Å². The summed E-state index contributed by atoms with van der Waals surface area (Å²) in [5.74, 6) is -0.254. The van der Waals surface area contributed by atoms with E-state index in [1.165, 1.54) is 6.07 Å². The maximum Gasteiger partial charge on any atom is 0.283 e. The van der Waals surface area contributed by atoms with Gasteiger partial charge >= 0.3 is 0 Å². The van der Waals surface area contributed by atoms with Gasteiger partial charge in [-0.3, -0.25) is 14.9 Å². The largest absolute Gasteiger partial charge is 0.384 e. The van der Waals surface area contributed by atoms with E-state index < -0.39 is 4.92 Å². The van der Waals surface area contributed by atoms with E-state index in [2.05, 4.69) is 10.6 Å². The van der Waals surface area contributed by atoms with Gasteiger partial charge in [-0.25, -0.2) is 0 Å². The highest BCUT2D eigenvalue weighted by Crippen LogP contribution is 2.30. The lowest BCUT2D eigenvalue weighted by Gasteiger charge is -2.37. The van der Waals surface area contributed by atoms with E-state index in [-0.39, 0.29) is 29.4 Å². The molecule has 0 saturated carbocycles.